The number of nitrogens with zero attached hydrogens (tertiary/aromatic N) is 2. The Balaban J connectivity index is 1.84. The van der Waals surface area contributed by atoms with E-state index < -0.39 is 29.7 Å². The summed E-state index contributed by atoms with van der Waals surface area (Å²) in [6, 6.07) is 10.1. The number of carbonyl (C=O) groups excluding carboxylic acids is 2. The Kier molecular flexibility index (Phi) is 8.85. The number of ether oxygens (including phenoxy) is 2. The van der Waals surface area contributed by atoms with Gasteiger partial charge in [-0.3, -0.25) is 4.79 Å². The zero-order valence-electron chi connectivity index (χ0n) is 19.7. The first kappa shape index (κ1) is 26.6. The Morgan fingerprint density at radius 1 is 1.14 bits per heavy atom. The first-order valence-electron chi connectivity index (χ1n) is 11.0. The van der Waals surface area contributed by atoms with Crippen molar-refractivity contribution in [1.29, 1.82) is 0 Å². The molecule has 1 fully saturated rings. The summed E-state index contributed by atoms with van der Waals surface area (Å²) >= 11 is 0.969. The second-order valence-electron chi connectivity index (χ2n) is 7.90. The number of esters is 1. The smallest absolute Gasteiger partial charge is 0.417 e. The maximum Gasteiger partial charge on any atom is 0.417 e. The van der Waals surface area contributed by atoms with Gasteiger partial charge >= 0.3 is 12.1 Å². The standard InChI is InChI=1S/C25H27F3N2O4S/c1-4-34-20-7-5-6-8-22(20)35-21-11-9-17(15-18(21)25(26,27)28)10-12-23(31)30-14-13-29(2)16-19(30)24(32)33-3/h5-12,15,19H,4,13-14,16H2,1-3H3. The number of para-hydroxylation sites is 1. The van der Waals surface area contributed by atoms with Crippen LogP contribution in [0.3, 0.4) is 0 Å². The van der Waals surface area contributed by atoms with E-state index >= 15 is 0 Å². The molecule has 1 amide bonds. The van der Waals surface area contributed by atoms with Crippen LogP contribution in [0.25, 0.3) is 6.08 Å². The molecule has 1 unspecified atom stereocenters. The van der Waals surface area contributed by atoms with Crippen LogP contribution in [0.2, 0.25) is 0 Å². The van der Waals surface area contributed by atoms with Crippen LogP contribution in [0.5, 0.6) is 5.75 Å². The summed E-state index contributed by atoms with van der Waals surface area (Å²) in [4.78, 5) is 28.8. The first-order valence-corrected chi connectivity index (χ1v) is 11.8. The van der Waals surface area contributed by atoms with Crippen molar-refractivity contribution >= 4 is 29.7 Å². The maximum absolute atomic E-state index is 13.9. The highest BCUT2D eigenvalue weighted by molar-refractivity contribution is 7.99. The molecule has 1 atom stereocenters. The Hall–Kier alpha value is -2.98. The van der Waals surface area contributed by atoms with Gasteiger partial charge in [-0.15, -0.1) is 0 Å². The van der Waals surface area contributed by atoms with Crippen LogP contribution >= 0.6 is 11.8 Å². The van der Waals surface area contributed by atoms with E-state index in [2.05, 4.69) is 0 Å². The minimum atomic E-state index is -4.59. The van der Waals surface area contributed by atoms with E-state index in [-0.39, 0.29) is 10.5 Å². The van der Waals surface area contributed by atoms with Crippen LogP contribution in [0.1, 0.15) is 18.1 Å². The van der Waals surface area contributed by atoms with Crippen molar-refractivity contribution in [2.24, 2.45) is 0 Å². The second kappa shape index (κ2) is 11.6. The van der Waals surface area contributed by atoms with E-state index in [9.17, 15) is 22.8 Å². The fourth-order valence-corrected chi connectivity index (χ4v) is 4.71. The zero-order valence-corrected chi connectivity index (χ0v) is 20.5. The Labute approximate surface area is 206 Å². The summed E-state index contributed by atoms with van der Waals surface area (Å²) in [5, 5.41) is 0. The molecule has 35 heavy (non-hydrogen) atoms. The molecule has 0 aliphatic carbocycles. The number of carbonyl (C=O) groups is 2. The molecule has 2 aromatic rings. The molecule has 0 spiro atoms. The second-order valence-corrected chi connectivity index (χ2v) is 8.99. The molecule has 3 rings (SSSR count). The molecule has 6 nitrogen and oxygen atoms in total. The van der Waals surface area contributed by atoms with Crippen molar-refractivity contribution in [3.05, 3.63) is 59.7 Å². The third kappa shape index (κ3) is 6.79. The summed E-state index contributed by atoms with van der Waals surface area (Å²) in [6.45, 7) is 3.40. The molecule has 0 N–H and O–H groups in total. The van der Waals surface area contributed by atoms with Crippen molar-refractivity contribution in [2.45, 2.75) is 28.9 Å². The van der Waals surface area contributed by atoms with Gasteiger partial charge in [0.2, 0.25) is 5.91 Å². The molecule has 0 aromatic heterocycles. The van der Waals surface area contributed by atoms with Gasteiger partial charge in [-0.2, -0.15) is 13.2 Å². The monoisotopic (exact) mass is 508 g/mol. The number of likely N-dealkylation sites (N-methyl/N-ethyl adjacent to an activating group) is 1. The maximum atomic E-state index is 13.9. The third-order valence-corrected chi connectivity index (χ3v) is 6.57. The van der Waals surface area contributed by atoms with Gasteiger partial charge in [0.25, 0.3) is 0 Å². The molecule has 0 bridgehead atoms. The number of rotatable bonds is 7. The number of benzene rings is 2. The van der Waals surface area contributed by atoms with Gasteiger partial charge in [0, 0.05) is 30.6 Å². The normalized spacial score (nSPS) is 17.0. The zero-order chi connectivity index (χ0) is 25.6. The molecule has 1 saturated heterocycles. The summed E-state index contributed by atoms with van der Waals surface area (Å²) < 4.78 is 52.0. The lowest BCUT2D eigenvalue weighted by atomic mass is 10.1. The van der Waals surface area contributed by atoms with Gasteiger partial charge in [0.1, 0.15) is 11.8 Å². The van der Waals surface area contributed by atoms with Crippen molar-refractivity contribution < 1.29 is 32.2 Å². The van der Waals surface area contributed by atoms with Gasteiger partial charge in [-0.1, -0.05) is 30.0 Å². The number of halogens is 3. The van der Waals surface area contributed by atoms with Gasteiger partial charge in [0.15, 0.2) is 0 Å². The number of amides is 1. The molecule has 0 radical (unpaired) electrons. The predicted molar refractivity (Wildman–Crippen MR) is 127 cm³/mol. The molecule has 1 aliphatic heterocycles. The van der Waals surface area contributed by atoms with Crippen molar-refractivity contribution in [2.75, 3.05) is 40.4 Å². The summed E-state index contributed by atoms with van der Waals surface area (Å²) in [5.74, 6) is -0.493. The molecule has 1 heterocycles. The number of hydrogen-bond donors (Lipinski definition) is 0. The Morgan fingerprint density at radius 3 is 2.57 bits per heavy atom. The van der Waals surface area contributed by atoms with Crippen LogP contribution in [0.4, 0.5) is 13.2 Å². The van der Waals surface area contributed by atoms with E-state index in [1.165, 1.54) is 36.3 Å². The number of hydrogen-bond acceptors (Lipinski definition) is 6. The molecule has 10 heteroatoms. The van der Waals surface area contributed by atoms with Crippen molar-refractivity contribution in [3.8, 4) is 5.75 Å². The van der Waals surface area contributed by atoms with E-state index in [1.54, 1.807) is 31.2 Å². The van der Waals surface area contributed by atoms with E-state index in [1.807, 2.05) is 11.9 Å². The van der Waals surface area contributed by atoms with Crippen molar-refractivity contribution in [3.63, 3.8) is 0 Å². The molecular weight excluding hydrogens is 481 g/mol. The van der Waals surface area contributed by atoms with Gasteiger partial charge in [-0.25, -0.2) is 4.79 Å². The summed E-state index contributed by atoms with van der Waals surface area (Å²) in [5.41, 5.74) is -0.590. The molecule has 1 aliphatic rings. The predicted octanol–water partition coefficient (Wildman–Crippen LogP) is 4.58. The fraction of sp³-hybridized carbons (Fsp3) is 0.360. The van der Waals surface area contributed by atoms with Crippen LogP contribution in [-0.4, -0.2) is 68.1 Å². The minimum Gasteiger partial charge on any atom is -0.493 e. The Bertz CT molecular complexity index is 1090. The summed E-state index contributed by atoms with van der Waals surface area (Å²) in [7, 11) is 3.08. The van der Waals surface area contributed by atoms with Crippen LogP contribution < -0.4 is 4.74 Å². The lowest BCUT2D eigenvalue weighted by Gasteiger charge is -2.37. The summed E-state index contributed by atoms with van der Waals surface area (Å²) in [6.07, 6.45) is -2.08. The molecule has 188 valence electrons. The molecular formula is C25H27F3N2O4S. The number of alkyl halides is 3. The van der Waals surface area contributed by atoms with Gasteiger partial charge < -0.3 is 19.3 Å². The fourth-order valence-electron chi connectivity index (χ4n) is 3.67. The minimum absolute atomic E-state index is 0.0259. The quantitative estimate of drug-likeness (QED) is 0.403. The lowest BCUT2D eigenvalue weighted by molar-refractivity contribution is -0.154. The highest BCUT2D eigenvalue weighted by Crippen LogP contribution is 2.42. The van der Waals surface area contributed by atoms with Gasteiger partial charge in [-0.05, 0) is 49.9 Å². The van der Waals surface area contributed by atoms with Crippen molar-refractivity contribution in [1.82, 2.24) is 9.80 Å². The van der Waals surface area contributed by atoms with Crippen LogP contribution in [-0.2, 0) is 20.5 Å². The number of methoxy groups -OCH3 is 1. The Morgan fingerprint density at radius 2 is 1.89 bits per heavy atom. The average molecular weight is 509 g/mol. The lowest BCUT2D eigenvalue weighted by Crippen LogP contribution is -2.57. The first-order chi connectivity index (χ1) is 16.6. The SMILES string of the molecule is CCOc1ccccc1Sc1ccc(C=CC(=O)N2CCN(C)CC2C(=O)OC)cc1C(F)(F)F. The van der Waals surface area contributed by atoms with E-state index in [4.69, 9.17) is 9.47 Å². The van der Waals surface area contributed by atoms with E-state index in [0.29, 0.717) is 36.9 Å². The van der Waals surface area contributed by atoms with Crippen LogP contribution in [0.15, 0.2) is 58.3 Å². The molecule has 2 aromatic carbocycles. The highest BCUT2D eigenvalue weighted by atomic mass is 32.2. The third-order valence-electron chi connectivity index (χ3n) is 5.44. The van der Waals surface area contributed by atoms with Crippen LogP contribution in [0, 0.1) is 0 Å². The number of piperazine rings is 1. The van der Waals surface area contributed by atoms with Gasteiger partial charge in [0.05, 0.1) is 24.2 Å². The largest absolute Gasteiger partial charge is 0.493 e. The van der Waals surface area contributed by atoms with E-state index in [0.717, 1.165) is 17.8 Å². The highest BCUT2D eigenvalue weighted by Gasteiger charge is 2.35. The topological polar surface area (TPSA) is 59.1 Å². The average Bonchev–Trinajstić information content (AvgIpc) is 2.83. The molecule has 0 saturated carbocycles.